The molecule has 0 saturated heterocycles. The molecule has 1 aromatic heterocycles. The monoisotopic (exact) mass is 463 g/mol. The molecule has 3 heterocycles. The number of amides is 1. The first-order chi connectivity index (χ1) is 15.5. The molecule has 0 bridgehead atoms. The van der Waals surface area contributed by atoms with Crippen LogP contribution in [-0.4, -0.2) is 28.2 Å². The molecule has 0 spiro atoms. The molecule has 1 atom stereocenters. The van der Waals surface area contributed by atoms with Crippen LogP contribution in [0.4, 0.5) is 0 Å². The van der Waals surface area contributed by atoms with E-state index in [1.807, 2.05) is 21.7 Å². The zero-order valence-electron chi connectivity index (χ0n) is 17.6. The fourth-order valence-electron chi connectivity index (χ4n) is 4.86. The Morgan fingerprint density at radius 3 is 2.59 bits per heavy atom. The van der Waals surface area contributed by atoms with Crippen molar-refractivity contribution in [2.45, 2.75) is 42.5 Å². The van der Waals surface area contributed by atoms with Crippen molar-refractivity contribution >= 4 is 29.3 Å². The smallest absolute Gasteiger partial charge is 0.274 e. The number of nitrogens with zero attached hydrogens (tertiary/aromatic N) is 3. The van der Waals surface area contributed by atoms with Gasteiger partial charge >= 0.3 is 0 Å². The lowest BCUT2D eigenvalue weighted by atomic mass is 9.94. The molecule has 0 radical (unpaired) electrons. The fourth-order valence-corrected chi connectivity index (χ4v) is 6.32. The van der Waals surface area contributed by atoms with Crippen molar-refractivity contribution in [3.63, 3.8) is 0 Å². The zero-order valence-corrected chi connectivity index (χ0v) is 19.2. The standard InChI is InChI=1S/C25H22ClN3O2S/c1-15-21(30)11-12-28-22(15)25(31)27(17-9-10-17)14-29(28)23-18-6-3-2-5-16(18)13-32-24-19(23)7-4-8-20(24)26/h2-8,11-12,17,23H,9-10,13-14H2,1H3. The third-order valence-electron chi connectivity index (χ3n) is 6.66. The van der Waals surface area contributed by atoms with E-state index in [1.54, 1.807) is 30.9 Å². The molecule has 3 aliphatic rings. The normalized spacial score (nSPS) is 19.8. The van der Waals surface area contributed by atoms with Gasteiger partial charge in [0.25, 0.3) is 5.91 Å². The third-order valence-corrected chi connectivity index (χ3v) is 8.28. The van der Waals surface area contributed by atoms with Gasteiger partial charge in [0, 0.05) is 34.5 Å². The van der Waals surface area contributed by atoms with E-state index in [1.165, 1.54) is 11.1 Å². The lowest BCUT2D eigenvalue weighted by Crippen LogP contribution is -2.56. The summed E-state index contributed by atoms with van der Waals surface area (Å²) >= 11 is 8.42. The zero-order chi connectivity index (χ0) is 22.0. The SMILES string of the molecule is Cc1c2n(ccc1=O)N(C1c3ccccc3CSc3c(Cl)cccc31)CN(C1CC1)C2=O. The van der Waals surface area contributed by atoms with Gasteiger partial charge in [0.15, 0.2) is 5.43 Å². The predicted molar refractivity (Wildman–Crippen MR) is 127 cm³/mol. The van der Waals surface area contributed by atoms with Gasteiger partial charge in [-0.15, -0.1) is 11.8 Å². The number of carbonyl (C=O) groups excluding carboxylic acids is 1. The number of pyridine rings is 1. The van der Waals surface area contributed by atoms with Crippen LogP contribution in [0.2, 0.25) is 5.02 Å². The van der Waals surface area contributed by atoms with Crippen LogP contribution in [0.5, 0.6) is 0 Å². The molecule has 0 N–H and O–H groups in total. The van der Waals surface area contributed by atoms with Crippen LogP contribution in [0.3, 0.4) is 0 Å². The van der Waals surface area contributed by atoms with Crippen molar-refractivity contribution in [2.24, 2.45) is 0 Å². The Balaban J connectivity index is 1.62. The van der Waals surface area contributed by atoms with Gasteiger partial charge in [-0.1, -0.05) is 48.0 Å². The second-order valence-corrected chi connectivity index (χ2v) is 10.0. The first-order valence-electron chi connectivity index (χ1n) is 10.8. The van der Waals surface area contributed by atoms with Gasteiger partial charge in [0.1, 0.15) is 12.4 Å². The first kappa shape index (κ1) is 19.9. The van der Waals surface area contributed by atoms with E-state index < -0.39 is 0 Å². The summed E-state index contributed by atoms with van der Waals surface area (Å²) in [6.45, 7) is 2.22. The van der Waals surface area contributed by atoms with E-state index in [9.17, 15) is 9.59 Å². The van der Waals surface area contributed by atoms with Crippen LogP contribution in [0, 0.1) is 6.92 Å². The number of aromatic nitrogens is 1. The van der Waals surface area contributed by atoms with Crippen LogP contribution in [0.15, 0.2) is 64.4 Å². The molecule has 162 valence electrons. The Labute approximate surface area is 195 Å². The summed E-state index contributed by atoms with van der Waals surface area (Å²) in [4.78, 5) is 28.9. The van der Waals surface area contributed by atoms with E-state index >= 15 is 0 Å². The Kier molecular flexibility index (Phi) is 4.63. The second kappa shape index (κ2) is 7.42. The van der Waals surface area contributed by atoms with Crippen molar-refractivity contribution in [1.82, 2.24) is 9.58 Å². The van der Waals surface area contributed by atoms with E-state index in [0.29, 0.717) is 17.9 Å². The average Bonchev–Trinajstić information content (AvgIpc) is 3.64. The largest absolute Gasteiger partial charge is 0.315 e. The highest BCUT2D eigenvalue weighted by Gasteiger charge is 2.42. The van der Waals surface area contributed by atoms with E-state index in [4.69, 9.17) is 11.6 Å². The maximum absolute atomic E-state index is 13.4. The molecule has 3 aromatic rings. The summed E-state index contributed by atoms with van der Waals surface area (Å²) in [6.07, 6.45) is 3.77. The summed E-state index contributed by atoms with van der Waals surface area (Å²) < 4.78 is 1.90. The van der Waals surface area contributed by atoms with Crippen LogP contribution in [0.25, 0.3) is 0 Å². The number of carbonyl (C=O) groups is 1. The molecule has 1 saturated carbocycles. The lowest BCUT2D eigenvalue weighted by Gasteiger charge is -2.44. The molecule has 5 nitrogen and oxygen atoms in total. The number of thioether (sulfide) groups is 1. The van der Waals surface area contributed by atoms with E-state index in [2.05, 4.69) is 35.3 Å². The fraction of sp³-hybridized carbons (Fsp3) is 0.280. The topological polar surface area (TPSA) is 45.6 Å². The third kappa shape index (κ3) is 3.00. The highest BCUT2D eigenvalue weighted by Crippen LogP contribution is 2.45. The number of fused-ring (bicyclic) bond motifs is 3. The van der Waals surface area contributed by atoms with Gasteiger partial charge in [0.05, 0.1) is 11.1 Å². The molecule has 32 heavy (non-hydrogen) atoms. The summed E-state index contributed by atoms with van der Waals surface area (Å²) in [5.41, 5.74) is 4.43. The lowest BCUT2D eigenvalue weighted by molar-refractivity contribution is 0.0669. The van der Waals surface area contributed by atoms with Crippen molar-refractivity contribution in [3.8, 4) is 0 Å². The number of hydrogen-bond acceptors (Lipinski definition) is 4. The minimum Gasteiger partial charge on any atom is -0.315 e. The van der Waals surface area contributed by atoms with Crippen molar-refractivity contribution in [1.29, 1.82) is 0 Å². The molecule has 6 rings (SSSR count). The summed E-state index contributed by atoms with van der Waals surface area (Å²) in [5.74, 6) is 0.778. The Hall–Kier alpha value is -2.70. The molecule has 1 aliphatic carbocycles. The Morgan fingerprint density at radius 1 is 1.00 bits per heavy atom. The van der Waals surface area contributed by atoms with Crippen molar-refractivity contribution in [3.05, 3.63) is 97.9 Å². The predicted octanol–water partition coefficient (Wildman–Crippen LogP) is 4.72. The second-order valence-electron chi connectivity index (χ2n) is 8.63. The summed E-state index contributed by atoms with van der Waals surface area (Å²) in [5, 5.41) is 2.97. The van der Waals surface area contributed by atoms with Crippen LogP contribution in [-0.2, 0) is 5.75 Å². The summed E-state index contributed by atoms with van der Waals surface area (Å²) in [6, 6.07) is 16.2. The average molecular weight is 464 g/mol. The van der Waals surface area contributed by atoms with Gasteiger partial charge in [-0.05, 0) is 42.5 Å². The molecule has 1 fully saturated rings. The number of halogens is 1. The quantitative estimate of drug-likeness (QED) is 0.551. The molecule has 1 amide bonds. The Bertz CT molecular complexity index is 1320. The first-order valence-corrected chi connectivity index (χ1v) is 12.2. The molecule has 7 heteroatoms. The van der Waals surface area contributed by atoms with Gasteiger partial charge in [-0.3, -0.25) is 19.3 Å². The molecular weight excluding hydrogens is 442 g/mol. The van der Waals surface area contributed by atoms with Crippen molar-refractivity contribution in [2.75, 3.05) is 11.7 Å². The molecule has 2 aliphatic heterocycles. The highest BCUT2D eigenvalue weighted by atomic mass is 35.5. The van der Waals surface area contributed by atoms with E-state index in [-0.39, 0.29) is 23.4 Å². The summed E-state index contributed by atoms with van der Waals surface area (Å²) in [7, 11) is 0. The van der Waals surface area contributed by atoms with E-state index in [0.717, 1.165) is 34.1 Å². The number of hydrogen-bond donors (Lipinski definition) is 0. The van der Waals surface area contributed by atoms with Crippen LogP contribution >= 0.6 is 23.4 Å². The number of benzene rings is 2. The Morgan fingerprint density at radius 2 is 1.78 bits per heavy atom. The highest BCUT2D eigenvalue weighted by molar-refractivity contribution is 7.98. The van der Waals surface area contributed by atoms with Gasteiger partial charge < -0.3 is 4.90 Å². The van der Waals surface area contributed by atoms with Crippen LogP contribution in [0.1, 0.15) is 51.6 Å². The molecular formula is C25H22ClN3O2S. The van der Waals surface area contributed by atoms with Crippen molar-refractivity contribution < 1.29 is 4.79 Å². The van der Waals surface area contributed by atoms with Gasteiger partial charge in [-0.25, -0.2) is 0 Å². The van der Waals surface area contributed by atoms with Crippen LogP contribution < -0.4 is 10.4 Å². The van der Waals surface area contributed by atoms with Gasteiger partial charge in [0.2, 0.25) is 0 Å². The molecule has 2 aromatic carbocycles. The minimum atomic E-state index is -0.134. The minimum absolute atomic E-state index is 0.0541. The molecule has 1 unspecified atom stereocenters. The maximum atomic E-state index is 13.4. The maximum Gasteiger partial charge on any atom is 0.274 e. The van der Waals surface area contributed by atoms with Gasteiger partial charge in [-0.2, -0.15) is 0 Å². The number of rotatable bonds is 2.